The Morgan fingerprint density at radius 1 is 1.08 bits per heavy atom. The number of phenolic OH excluding ortho intramolecular Hbond substituents is 1. The predicted molar refractivity (Wildman–Crippen MR) is 96.3 cm³/mol. The lowest BCUT2D eigenvalue weighted by atomic mass is 9.92. The number of nitriles is 1. The van der Waals surface area contributed by atoms with Crippen molar-refractivity contribution < 1.29 is 19.8 Å². The molecule has 0 saturated heterocycles. The molecule has 0 unspecified atom stereocenters. The number of rotatable bonds is 7. The fourth-order valence-corrected chi connectivity index (χ4v) is 2.56. The molecule has 134 valence electrons. The average Bonchev–Trinajstić information content (AvgIpc) is 2.64. The number of nitrogens with zero attached hydrogens (tertiary/aromatic N) is 1. The van der Waals surface area contributed by atoms with Crippen molar-refractivity contribution in [3.63, 3.8) is 0 Å². The van der Waals surface area contributed by atoms with E-state index in [-0.39, 0.29) is 24.5 Å². The van der Waals surface area contributed by atoms with Crippen LogP contribution in [-0.2, 0) is 4.79 Å². The molecule has 6 heteroatoms. The minimum atomic E-state index is -1.01. The molecule has 6 nitrogen and oxygen atoms in total. The zero-order chi connectivity index (χ0) is 19.1. The van der Waals surface area contributed by atoms with E-state index in [0.717, 1.165) is 11.1 Å². The van der Waals surface area contributed by atoms with Gasteiger partial charge in [0.25, 0.3) is 0 Å². The van der Waals surface area contributed by atoms with Crippen LogP contribution in [0.25, 0.3) is 11.1 Å². The summed E-state index contributed by atoms with van der Waals surface area (Å²) in [7, 11) is 0. The number of ketones is 1. The van der Waals surface area contributed by atoms with Crippen LogP contribution in [0.15, 0.2) is 48.5 Å². The topological polar surface area (TPSA) is 110 Å². The molecule has 0 radical (unpaired) electrons. The Bertz CT molecular complexity index is 805. The van der Waals surface area contributed by atoms with Gasteiger partial charge in [0.05, 0.1) is 18.1 Å². The Hall–Kier alpha value is -3.17. The monoisotopic (exact) mass is 352 g/mol. The van der Waals surface area contributed by atoms with E-state index in [2.05, 4.69) is 5.32 Å². The number of carbonyl (C=O) groups is 2. The van der Waals surface area contributed by atoms with Gasteiger partial charge in [0.15, 0.2) is 5.78 Å². The molecule has 3 N–H and O–H groups in total. The molecule has 0 saturated carbocycles. The highest BCUT2D eigenvalue weighted by Crippen LogP contribution is 2.23. The van der Waals surface area contributed by atoms with Crippen LogP contribution in [0, 0.1) is 17.2 Å². The maximum Gasteiger partial charge on any atom is 0.226 e. The van der Waals surface area contributed by atoms with Crippen molar-refractivity contribution in [2.45, 2.75) is 19.4 Å². The third kappa shape index (κ3) is 4.91. The van der Waals surface area contributed by atoms with Gasteiger partial charge in [-0.05, 0) is 30.2 Å². The second-order valence-electron chi connectivity index (χ2n) is 5.97. The number of aliphatic hydroxyl groups excluding tert-OH is 1. The number of aliphatic hydroxyl groups is 1. The first-order chi connectivity index (χ1) is 12.4. The molecule has 2 rings (SSSR count). The summed E-state index contributed by atoms with van der Waals surface area (Å²) in [4.78, 5) is 24.4. The van der Waals surface area contributed by atoms with E-state index in [1.165, 1.54) is 6.92 Å². The van der Waals surface area contributed by atoms with Crippen LogP contribution in [0.2, 0.25) is 0 Å². The molecular formula is C20H20N2O4. The average molecular weight is 352 g/mol. The molecule has 2 aromatic carbocycles. The number of phenols is 1. The minimum absolute atomic E-state index is 0.145. The predicted octanol–water partition coefficient (Wildman–Crippen LogP) is 2.27. The van der Waals surface area contributed by atoms with Gasteiger partial charge in [0, 0.05) is 12.0 Å². The van der Waals surface area contributed by atoms with Crippen molar-refractivity contribution in [2.24, 2.45) is 5.92 Å². The Balaban J connectivity index is 2.09. The van der Waals surface area contributed by atoms with E-state index in [4.69, 9.17) is 5.26 Å². The molecule has 0 aromatic heterocycles. The van der Waals surface area contributed by atoms with Gasteiger partial charge in [-0.2, -0.15) is 5.26 Å². The number of hydrogen-bond donors (Lipinski definition) is 3. The number of amides is 1. The summed E-state index contributed by atoms with van der Waals surface area (Å²) in [6.07, 6.45) is -1.15. The third-order valence-corrected chi connectivity index (χ3v) is 4.07. The maximum atomic E-state index is 12.4. The van der Waals surface area contributed by atoms with Crippen molar-refractivity contribution in [1.29, 1.82) is 5.26 Å². The van der Waals surface area contributed by atoms with Crippen LogP contribution in [0.4, 0.5) is 0 Å². The number of nitrogens with one attached hydrogen (secondary N) is 1. The van der Waals surface area contributed by atoms with E-state index in [1.54, 1.807) is 54.6 Å². The van der Waals surface area contributed by atoms with Gasteiger partial charge in [-0.3, -0.25) is 9.59 Å². The van der Waals surface area contributed by atoms with Crippen molar-refractivity contribution >= 4 is 11.7 Å². The van der Waals surface area contributed by atoms with Gasteiger partial charge in [0.1, 0.15) is 12.3 Å². The van der Waals surface area contributed by atoms with E-state index in [0.29, 0.717) is 5.56 Å². The first-order valence-electron chi connectivity index (χ1n) is 8.17. The molecule has 0 aliphatic carbocycles. The van der Waals surface area contributed by atoms with Crippen molar-refractivity contribution in [3.05, 3.63) is 54.1 Å². The standard InChI is InChI=1S/C20H20N2O4/c1-13(23)18(20(26)22-11-10-21)12-19(25)16-4-2-14(3-5-16)15-6-8-17(24)9-7-15/h2-9,13,18,23-24H,11-12H2,1H3,(H,22,26)/t13-,18+/m1/s1. The number of carbonyl (C=O) groups excluding carboxylic acids is 2. The fraction of sp³-hybridized carbons (Fsp3) is 0.250. The first-order valence-corrected chi connectivity index (χ1v) is 8.17. The molecule has 2 atom stereocenters. The molecule has 0 heterocycles. The van der Waals surface area contributed by atoms with Crippen LogP contribution < -0.4 is 5.32 Å². The molecule has 0 fully saturated rings. The highest BCUT2D eigenvalue weighted by atomic mass is 16.3. The van der Waals surface area contributed by atoms with E-state index >= 15 is 0 Å². The zero-order valence-corrected chi connectivity index (χ0v) is 14.3. The number of hydrogen-bond acceptors (Lipinski definition) is 5. The van der Waals surface area contributed by atoms with E-state index in [1.807, 2.05) is 0 Å². The van der Waals surface area contributed by atoms with Crippen LogP contribution in [-0.4, -0.2) is 34.6 Å². The lowest BCUT2D eigenvalue weighted by Crippen LogP contribution is -2.38. The van der Waals surface area contributed by atoms with Gasteiger partial charge < -0.3 is 15.5 Å². The molecular weight excluding hydrogens is 332 g/mol. The largest absolute Gasteiger partial charge is 0.508 e. The molecule has 0 bridgehead atoms. The molecule has 0 aliphatic rings. The lowest BCUT2D eigenvalue weighted by Gasteiger charge is -2.18. The minimum Gasteiger partial charge on any atom is -0.508 e. The molecule has 1 amide bonds. The van der Waals surface area contributed by atoms with Gasteiger partial charge in [-0.1, -0.05) is 36.4 Å². The molecule has 2 aromatic rings. The highest BCUT2D eigenvalue weighted by Gasteiger charge is 2.26. The van der Waals surface area contributed by atoms with Crippen molar-refractivity contribution in [2.75, 3.05) is 6.54 Å². The Morgan fingerprint density at radius 3 is 2.12 bits per heavy atom. The fourth-order valence-electron chi connectivity index (χ4n) is 2.56. The van der Waals surface area contributed by atoms with E-state index in [9.17, 15) is 19.8 Å². The summed E-state index contributed by atoms with van der Waals surface area (Å²) >= 11 is 0. The third-order valence-electron chi connectivity index (χ3n) is 4.07. The Kier molecular flexibility index (Phi) is 6.48. The maximum absolute atomic E-state index is 12.4. The Morgan fingerprint density at radius 2 is 1.62 bits per heavy atom. The van der Waals surface area contributed by atoms with Crippen LogP contribution in [0.5, 0.6) is 5.75 Å². The summed E-state index contributed by atoms with van der Waals surface area (Å²) < 4.78 is 0. The van der Waals surface area contributed by atoms with Crippen molar-refractivity contribution in [3.8, 4) is 22.9 Å². The number of Topliss-reactive ketones (excluding diaryl/α,β-unsaturated/α-hetero) is 1. The summed E-state index contributed by atoms with van der Waals surface area (Å²) in [6.45, 7) is 1.27. The normalized spacial score (nSPS) is 12.7. The quantitative estimate of drug-likeness (QED) is 0.523. The summed E-state index contributed by atoms with van der Waals surface area (Å²) in [6, 6.07) is 15.4. The summed E-state index contributed by atoms with van der Waals surface area (Å²) in [5, 5.41) is 30.0. The second-order valence-corrected chi connectivity index (χ2v) is 5.97. The number of aromatic hydroxyl groups is 1. The van der Waals surface area contributed by atoms with Crippen molar-refractivity contribution in [1.82, 2.24) is 5.32 Å². The van der Waals surface area contributed by atoms with Crippen LogP contribution in [0.3, 0.4) is 0 Å². The molecule has 0 spiro atoms. The van der Waals surface area contributed by atoms with Crippen LogP contribution in [0.1, 0.15) is 23.7 Å². The van der Waals surface area contributed by atoms with Gasteiger partial charge >= 0.3 is 0 Å². The van der Waals surface area contributed by atoms with E-state index < -0.39 is 17.9 Å². The summed E-state index contributed by atoms with van der Waals surface area (Å²) in [5.41, 5.74) is 2.23. The SMILES string of the molecule is C[C@@H](O)[C@H](CC(=O)c1ccc(-c2ccc(O)cc2)cc1)C(=O)NCC#N. The molecule has 0 aliphatic heterocycles. The molecule has 26 heavy (non-hydrogen) atoms. The second kappa shape index (κ2) is 8.79. The van der Waals surface area contributed by atoms with Crippen LogP contribution >= 0.6 is 0 Å². The van der Waals surface area contributed by atoms with Gasteiger partial charge in [-0.25, -0.2) is 0 Å². The summed E-state index contributed by atoms with van der Waals surface area (Å²) in [5.74, 6) is -1.51. The smallest absolute Gasteiger partial charge is 0.226 e. The highest BCUT2D eigenvalue weighted by molar-refractivity contribution is 5.99. The van der Waals surface area contributed by atoms with Gasteiger partial charge in [0.2, 0.25) is 5.91 Å². The number of benzene rings is 2. The Labute approximate surface area is 151 Å². The lowest BCUT2D eigenvalue weighted by molar-refractivity contribution is -0.127. The van der Waals surface area contributed by atoms with Gasteiger partial charge in [-0.15, -0.1) is 0 Å². The zero-order valence-electron chi connectivity index (χ0n) is 14.3. The first kappa shape index (κ1) is 19.2.